The van der Waals surface area contributed by atoms with Gasteiger partial charge in [-0.2, -0.15) is 0 Å². The Kier molecular flexibility index (Phi) is 0.687. The Morgan fingerprint density at radius 1 is 1.57 bits per heavy atom. The SMILES string of the molecule is C[C@H]1[C@H](N)C1(F)F. The minimum absolute atomic E-state index is 0.590. The highest BCUT2D eigenvalue weighted by Gasteiger charge is 2.63. The van der Waals surface area contributed by atoms with Gasteiger partial charge in [0.05, 0.1) is 6.04 Å². The number of hydrogen-bond donors (Lipinski definition) is 1. The zero-order chi connectivity index (χ0) is 5.65. The van der Waals surface area contributed by atoms with Crippen LogP contribution in [0.25, 0.3) is 0 Å². The van der Waals surface area contributed by atoms with E-state index in [1.807, 2.05) is 0 Å². The summed E-state index contributed by atoms with van der Waals surface area (Å²) < 4.78 is 23.6. The van der Waals surface area contributed by atoms with Crippen LogP contribution >= 0.6 is 0 Å². The third-order valence-electron chi connectivity index (χ3n) is 1.48. The first-order valence-corrected chi connectivity index (χ1v) is 2.20. The molecule has 1 aliphatic rings. The molecule has 2 atom stereocenters. The molecule has 0 radical (unpaired) electrons. The van der Waals surface area contributed by atoms with Crippen molar-refractivity contribution in [3.8, 4) is 0 Å². The molecule has 1 nitrogen and oxygen atoms in total. The lowest BCUT2D eigenvalue weighted by Gasteiger charge is -1.83. The molecule has 0 spiro atoms. The van der Waals surface area contributed by atoms with E-state index in [1.54, 1.807) is 0 Å². The van der Waals surface area contributed by atoms with Gasteiger partial charge in [0, 0.05) is 5.92 Å². The van der Waals surface area contributed by atoms with Gasteiger partial charge in [0.1, 0.15) is 0 Å². The van der Waals surface area contributed by atoms with Gasteiger partial charge < -0.3 is 5.73 Å². The smallest absolute Gasteiger partial charge is 0.267 e. The molecule has 0 saturated heterocycles. The molecule has 2 N–H and O–H groups in total. The molecule has 1 fully saturated rings. The highest BCUT2D eigenvalue weighted by molar-refractivity contribution is 5.06. The van der Waals surface area contributed by atoms with E-state index in [4.69, 9.17) is 5.73 Å². The van der Waals surface area contributed by atoms with Gasteiger partial charge in [0.25, 0.3) is 5.92 Å². The van der Waals surface area contributed by atoms with Crippen LogP contribution < -0.4 is 5.73 Å². The summed E-state index contributed by atoms with van der Waals surface area (Å²) in [6.07, 6.45) is 0. The molecule has 1 saturated carbocycles. The summed E-state index contributed by atoms with van der Waals surface area (Å²) in [5, 5.41) is 0. The number of halogens is 2. The summed E-state index contributed by atoms with van der Waals surface area (Å²) in [5.41, 5.74) is 4.89. The minimum atomic E-state index is -2.56. The van der Waals surface area contributed by atoms with Gasteiger partial charge in [-0.3, -0.25) is 0 Å². The molecule has 0 unspecified atom stereocenters. The van der Waals surface area contributed by atoms with Crippen LogP contribution in [0.4, 0.5) is 8.78 Å². The van der Waals surface area contributed by atoms with E-state index in [0.29, 0.717) is 0 Å². The monoisotopic (exact) mass is 107 g/mol. The fourth-order valence-electron chi connectivity index (χ4n) is 0.510. The van der Waals surface area contributed by atoms with Crippen LogP contribution in [0.5, 0.6) is 0 Å². The normalized spacial score (nSPS) is 46.3. The molecule has 7 heavy (non-hydrogen) atoms. The van der Waals surface area contributed by atoms with Gasteiger partial charge in [-0.05, 0) is 0 Å². The summed E-state index contributed by atoms with van der Waals surface area (Å²) in [4.78, 5) is 0. The number of rotatable bonds is 0. The largest absolute Gasteiger partial charge is 0.322 e. The average Bonchev–Trinajstić information content (AvgIpc) is 1.91. The molecule has 0 aromatic rings. The van der Waals surface area contributed by atoms with E-state index in [0.717, 1.165) is 0 Å². The molecule has 0 amide bonds. The van der Waals surface area contributed by atoms with Crippen molar-refractivity contribution in [1.82, 2.24) is 0 Å². The third-order valence-corrected chi connectivity index (χ3v) is 1.48. The van der Waals surface area contributed by atoms with Gasteiger partial charge in [0.15, 0.2) is 0 Å². The highest BCUT2D eigenvalue weighted by atomic mass is 19.3. The Labute approximate surface area is 40.5 Å². The molecule has 0 aromatic heterocycles. The van der Waals surface area contributed by atoms with E-state index in [9.17, 15) is 8.78 Å². The van der Waals surface area contributed by atoms with Crippen LogP contribution in [0.2, 0.25) is 0 Å². The molecular formula is C4H7F2N. The predicted molar refractivity (Wildman–Crippen MR) is 22.1 cm³/mol. The summed E-state index contributed by atoms with van der Waals surface area (Å²) in [6, 6.07) is -0.868. The molecule has 0 aromatic carbocycles. The second-order valence-electron chi connectivity index (χ2n) is 1.99. The van der Waals surface area contributed by atoms with Crippen molar-refractivity contribution in [2.24, 2.45) is 11.7 Å². The fraction of sp³-hybridized carbons (Fsp3) is 1.00. The molecule has 1 rings (SSSR count). The Balaban J connectivity index is 2.52. The van der Waals surface area contributed by atoms with Crippen molar-refractivity contribution in [3.05, 3.63) is 0 Å². The molecule has 0 heterocycles. The summed E-state index contributed by atoms with van der Waals surface area (Å²) in [6.45, 7) is 1.45. The van der Waals surface area contributed by atoms with Crippen molar-refractivity contribution >= 4 is 0 Å². The lowest BCUT2D eigenvalue weighted by molar-refractivity contribution is 0.0969. The van der Waals surface area contributed by atoms with Crippen molar-refractivity contribution in [2.45, 2.75) is 18.9 Å². The Hall–Kier alpha value is -0.180. The number of alkyl halides is 2. The van der Waals surface area contributed by atoms with E-state index in [2.05, 4.69) is 0 Å². The maximum absolute atomic E-state index is 11.8. The van der Waals surface area contributed by atoms with E-state index < -0.39 is 17.9 Å². The molecule has 0 bridgehead atoms. The quantitative estimate of drug-likeness (QED) is 0.482. The zero-order valence-electron chi connectivity index (χ0n) is 3.99. The lowest BCUT2D eigenvalue weighted by Crippen LogP contribution is -2.08. The van der Waals surface area contributed by atoms with E-state index in [-0.39, 0.29) is 0 Å². The number of hydrogen-bond acceptors (Lipinski definition) is 1. The maximum Gasteiger partial charge on any atom is 0.267 e. The second kappa shape index (κ2) is 0.968. The first-order chi connectivity index (χ1) is 3.07. The Morgan fingerprint density at radius 3 is 1.71 bits per heavy atom. The van der Waals surface area contributed by atoms with Crippen molar-refractivity contribution in [1.29, 1.82) is 0 Å². The summed E-state index contributed by atoms with van der Waals surface area (Å²) in [5.74, 6) is -3.15. The number of nitrogens with two attached hydrogens (primary N) is 1. The molecule has 42 valence electrons. The van der Waals surface area contributed by atoms with E-state index in [1.165, 1.54) is 6.92 Å². The van der Waals surface area contributed by atoms with Crippen LogP contribution in [0.3, 0.4) is 0 Å². The lowest BCUT2D eigenvalue weighted by atomic mass is 10.5. The predicted octanol–water partition coefficient (Wildman–Crippen LogP) is 0.599. The molecule has 3 heteroatoms. The van der Waals surface area contributed by atoms with Crippen molar-refractivity contribution in [2.75, 3.05) is 0 Å². The first-order valence-electron chi connectivity index (χ1n) is 2.20. The van der Waals surface area contributed by atoms with Gasteiger partial charge >= 0.3 is 0 Å². The van der Waals surface area contributed by atoms with Crippen molar-refractivity contribution < 1.29 is 8.78 Å². The zero-order valence-corrected chi connectivity index (χ0v) is 3.99. The first kappa shape index (κ1) is 4.97. The standard InChI is InChI=1S/C4H7F2N/c1-2-3(7)4(2,5)6/h2-3H,7H2,1H3/t2-,3-/m0/s1. The average molecular weight is 107 g/mol. The van der Waals surface area contributed by atoms with Gasteiger partial charge in [-0.1, -0.05) is 6.92 Å². The van der Waals surface area contributed by atoms with Crippen LogP contribution in [0.1, 0.15) is 6.92 Å². The van der Waals surface area contributed by atoms with Gasteiger partial charge in [-0.25, -0.2) is 8.78 Å². The van der Waals surface area contributed by atoms with E-state index >= 15 is 0 Å². The second-order valence-corrected chi connectivity index (χ2v) is 1.99. The third kappa shape index (κ3) is 0.445. The van der Waals surface area contributed by atoms with Crippen molar-refractivity contribution in [3.63, 3.8) is 0 Å². The fourth-order valence-corrected chi connectivity index (χ4v) is 0.510. The molecular weight excluding hydrogens is 100 g/mol. The van der Waals surface area contributed by atoms with Crippen LogP contribution in [0.15, 0.2) is 0 Å². The minimum Gasteiger partial charge on any atom is -0.322 e. The van der Waals surface area contributed by atoms with Crippen LogP contribution in [0, 0.1) is 5.92 Å². The summed E-state index contributed by atoms with van der Waals surface area (Å²) >= 11 is 0. The maximum atomic E-state index is 11.8. The van der Waals surface area contributed by atoms with Crippen LogP contribution in [-0.2, 0) is 0 Å². The van der Waals surface area contributed by atoms with Gasteiger partial charge in [-0.15, -0.1) is 0 Å². The molecule has 0 aliphatic heterocycles. The van der Waals surface area contributed by atoms with Crippen LogP contribution in [-0.4, -0.2) is 12.0 Å². The molecule has 1 aliphatic carbocycles. The summed E-state index contributed by atoms with van der Waals surface area (Å²) in [7, 11) is 0. The Morgan fingerprint density at radius 2 is 1.71 bits per heavy atom. The topological polar surface area (TPSA) is 26.0 Å². The Bertz CT molecular complexity index is 81.7. The highest BCUT2D eigenvalue weighted by Crippen LogP contribution is 2.46. The van der Waals surface area contributed by atoms with Gasteiger partial charge in [0.2, 0.25) is 0 Å².